The number of carbonyl (C=O) groups excluding carboxylic acids is 1. The highest BCUT2D eigenvalue weighted by atomic mass is 19.1. The number of nitrogens with zero attached hydrogens (tertiary/aromatic N) is 5. The van der Waals surface area contributed by atoms with Crippen LogP contribution in [0.4, 0.5) is 10.2 Å². The van der Waals surface area contributed by atoms with Gasteiger partial charge in [0.2, 0.25) is 5.91 Å². The zero-order chi connectivity index (χ0) is 26.2. The number of aromatic nitrogens is 2. The Morgan fingerprint density at radius 2 is 1.84 bits per heavy atom. The van der Waals surface area contributed by atoms with E-state index in [1.54, 1.807) is 13.2 Å². The van der Waals surface area contributed by atoms with Gasteiger partial charge in [-0.3, -0.25) is 4.79 Å². The van der Waals surface area contributed by atoms with Crippen LogP contribution < -0.4 is 4.90 Å². The quantitative estimate of drug-likeness (QED) is 0.392. The molecule has 3 aromatic rings. The maximum atomic E-state index is 14.2. The van der Waals surface area contributed by atoms with Crippen LogP contribution in [0.5, 0.6) is 0 Å². The first-order chi connectivity index (χ1) is 18.0. The molecule has 0 saturated carbocycles. The zero-order valence-corrected chi connectivity index (χ0v) is 22.2. The van der Waals surface area contributed by atoms with Crippen LogP contribution in [-0.4, -0.2) is 78.5 Å². The Labute approximate surface area is 219 Å². The molecule has 0 radical (unpaired) electrons. The number of carbonyl (C=O) groups is 1. The molecule has 1 fully saturated rings. The summed E-state index contributed by atoms with van der Waals surface area (Å²) in [5.41, 5.74) is 3.67. The second-order valence-corrected chi connectivity index (χ2v) is 9.49. The molecule has 1 amide bonds. The maximum Gasteiger partial charge on any atom is 0.223 e. The van der Waals surface area contributed by atoms with Gasteiger partial charge in [-0.2, -0.15) is 5.10 Å². The number of anilines is 1. The third-order valence-electron chi connectivity index (χ3n) is 7.07. The average Bonchev–Trinajstić information content (AvgIpc) is 3.25. The Balaban J connectivity index is 1.64. The number of hydrogen-bond donors (Lipinski definition) is 0. The van der Waals surface area contributed by atoms with Crippen molar-refractivity contribution in [3.8, 4) is 5.69 Å². The van der Waals surface area contributed by atoms with Gasteiger partial charge in [0.25, 0.3) is 0 Å². The largest absolute Gasteiger partial charge is 0.383 e. The molecule has 1 aromatic heterocycles. The summed E-state index contributed by atoms with van der Waals surface area (Å²) in [6, 6.07) is 16.6. The molecule has 4 rings (SSSR count). The van der Waals surface area contributed by atoms with Crippen LogP contribution >= 0.6 is 0 Å². The van der Waals surface area contributed by atoms with Crippen molar-refractivity contribution in [2.75, 3.05) is 57.9 Å². The summed E-state index contributed by atoms with van der Waals surface area (Å²) < 4.78 is 21.4. The van der Waals surface area contributed by atoms with Crippen molar-refractivity contribution >= 4 is 11.7 Å². The van der Waals surface area contributed by atoms with Gasteiger partial charge in [-0.05, 0) is 43.7 Å². The minimum Gasteiger partial charge on any atom is -0.383 e. The van der Waals surface area contributed by atoms with E-state index in [0.29, 0.717) is 38.2 Å². The van der Waals surface area contributed by atoms with Crippen LogP contribution in [0.25, 0.3) is 5.69 Å². The van der Waals surface area contributed by atoms with E-state index in [9.17, 15) is 9.18 Å². The summed E-state index contributed by atoms with van der Waals surface area (Å²) in [5, 5.41) is 4.85. The van der Waals surface area contributed by atoms with Crippen LogP contribution in [0, 0.1) is 12.7 Å². The van der Waals surface area contributed by atoms with Crippen molar-refractivity contribution in [1.29, 1.82) is 0 Å². The fourth-order valence-corrected chi connectivity index (χ4v) is 4.86. The Morgan fingerprint density at radius 1 is 1.08 bits per heavy atom. The number of ether oxygens (including phenoxy) is 1. The predicted molar refractivity (Wildman–Crippen MR) is 145 cm³/mol. The van der Waals surface area contributed by atoms with Crippen LogP contribution in [-0.2, 0) is 22.5 Å². The van der Waals surface area contributed by atoms with E-state index in [0.717, 1.165) is 55.4 Å². The van der Waals surface area contributed by atoms with Gasteiger partial charge in [-0.25, -0.2) is 9.07 Å². The molecule has 1 saturated heterocycles. The Hall–Kier alpha value is -3.23. The lowest BCUT2D eigenvalue weighted by atomic mass is 10.1. The van der Waals surface area contributed by atoms with E-state index in [1.165, 1.54) is 12.1 Å². The molecule has 1 aliphatic heterocycles. The highest BCUT2D eigenvalue weighted by Gasteiger charge is 2.27. The smallest absolute Gasteiger partial charge is 0.223 e. The minimum absolute atomic E-state index is 0.0839. The van der Waals surface area contributed by atoms with Crippen molar-refractivity contribution in [3.63, 3.8) is 0 Å². The van der Waals surface area contributed by atoms with E-state index in [-0.39, 0.29) is 11.7 Å². The van der Waals surface area contributed by atoms with Gasteiger partial charge in [0.1, 0.15) is 11.6 Å². The van der Waals surface area contributed by atoms with Crippen LogP contribution in [0.1, 0.15) is 30.2 Å². The zero-order valence-electron chi connectivity index (χ0n) is 22.2. The number of amides is 1. The molecule has 0 bridgehead atoms. The van der Waals surface area contributed by atoms with Crippen LogP contribution in [0.15, 0.2) is 54.6 Å². The van der Waals surface area contributed by atoms with Crippen molar-refractivity contribution in [2.45, 2.75) is 33.2 Å². The molecule has 1 aliphatic rings. The summed E-state index contributed by atoms with van der Waals surface area (Å²) in [5.74, 6) is 0.726. The maximum absolute atomic E-state index is 14.2. The Kier molecular flexibility index (Phi) is 9.30. The highest BCUT2D eigenvalue weighted by molar-refractivity contribution is 5.77. The molecule has 7 nitrogen and oxygen atoms in total. The third kappa shape index (κ3) is 6.76. The van der Waals surface area contributed by atoms with E-state index in [1.807, 2.05) is 52.9 Å². The standard InChI is InChI=1S/C29H38FN5O2/c1-4-32-15-17-33(18-16-32)29-27(23(2)31-35(29)26-12-8-11-25(30)21-26)22-34(19-20-37-3)28(36)14-13-24-9-6-5-7-10-24/h5-12,21H,4,13-20,22H2,1-3H3. The molecular weight excluding hydrogens is 469 g/mol. The molecule has 8 heteroatoms. The van der Waals surface area contributed by atoms with Crippen molar-refractivity contribution < 1.29 is 13.9 Å². The number of rotatable bonds is 11. The van der Waals surface area contributed by atoms with E-state index >= 15 is 0 Å². The highest BCUT2D eigenvalue weighted by Crippen LogP contribution is 2.30. The van der Waals surface area contributed by atoms with Crippen LogP contribution in [0.3, 0.4) is 0 Å². The number of hydrogen-bond acceptors (Lipinski definition) is 5. The van der Waals surface area contributed by atoms with Gasteiger partial charge in [0.15, 0.2) is 0 Å². The van der Waals surface area contributed by atoms with Gasteiger partial charge in [-0.15, -0.1) is 0 Å². The summed E-state index contributed by atoms with van der Waals surface area (Å²) in [6.07, 6.45) is 1.12. The molecule has 2 heterocycles. The topological polar surface area (TPSA) is 53.8 Å². The van der Waals surface area contributed by atoms with Crippen molar-refractivity contribution in [1.82, 2.24) is 19.6 Å². The molecule has 198 valence electrons. The number of methoxy groups -OCH3 is 1. The van der Waals surface area contributed by atoms with Gasteiger partial charge >= 0.3 is 0 Å². The molecule has 0 N–H and O–H groups in total. The monoisotopic (exact) mass is 507 g/mol. The molecular formula is C29H38FN5O2. The van der Waals surface area contributed by atoms with Crippen LogP contribution in [0.2, 0.25) is 0 Å². The summed E-state index contributed by atoms with van der Waals surface area (Å²) in [7, 11) is 1.65. The third-order valence-corrected chi connectivity index (χ3v) is 7.07. The summed E-state index contributed by atoms with van der Waals surface area (Å²) in [6.45, 7) is 10.2. The van der Waals surface area contributed by atoms with E-state index < -0.39 is 0 Å². The number of piperazine rings is 1. The first-order valence-corrected chi connectivity index (χ1v) is 13.1. The lowest BCUT2D eigenvalue weighted by Gasteiger charge is -2.36. The van der Waals surface area contributed by atoms with Gasteiger partial charge in [0.05, 0.1) is 24.5 Å². The van der Waals surface area contributed by atoms with Gasteiger partial charge in [-0.1, -0.05) is 43.3 Å². The normalized spacial score (nSPS) is 14.2. The lowest BCUT2D eigenvalue weighted by Crippen LogP contribution is -2.47. The lowest BCUT2D eigenvalue weighted by molar-refractivity contribution is -0.132. The first-order valence-electron chi connectivity index (χ1n) is 13.1. The molecule has 0 unspecified atom stereocenters. The fourth-order valence-electron chi connectivity index (χ4n) is 4.86. The average molecular weight is 508 g/mol. The van der Waals surface area contributed by atoms with Gasteiger partial charge in [0, 0.05) is 51.8 Å². The van der Waals surface area contributed by atoms with E-state index in [4.69, 9.17) is 9.84 Å². The number of benzene rings is 2. The summed E-state index contributed by atoms with van der Waals surface area (Å²) >= 11 is 0. The molecule has 2 aromatic carbocycles. The number of aryl methyl sites for hydroxylation is 2. The van der Waals surface area contributed by atoms with Crippen molar-refractivity contribution in [2.24, 2.45) is 0 Å². The first kappa shape index (κ1) is 26.8. The SMILES string of the molecule is CCN1CCN(c2c(CN(CCOC)C(=O)CCc3ccccc3)c(C)nn2-c2cccc(F)c2)CC1. The Bertz CT molecular complexity index is 1160. The predicted octanol–water partition coefficient (Wildman–Crippen LogP) is 4.07. The molecule has 0 atom stereocenters. The van der Waals surface area contributed by atoms with Gasteiger partial charge < -0.3 is 19.4 Å². The van der Waals surface area contributed by atoms with Crippen molar-refractivity contribution in [3.05, 3.63) is 77.2 Å². The molecule has 0 spiro atoms. The van der Waals surface area contributed by atoms with E-state index in [2.05, 4.69) is 16.7 Å². The number of halogens is 1. The second-order valence-electron chi connectivity index (χ2n) is 9.49. The summed E-state index contributed by atoms with van der Waals surface area (Å²) in [4.78, 5) is 20.0. The second kappa shape index (κ2) is 12.8. The number of likely N-dealkylation sites (N-methyl/N-ethyl adjacent to an activating group) is 1. The minimum atomic E-state index is -0.299. The molecule has 37 heavy (non-hydrogen) atoms. The Morgan fingerprint density at radius 3 is 2.51 bits per heavy atom. The molecule has 0 aliphatic carbocycles. The fraction of sp³-hybridized carbons (Fsp3) is 0.448.